The molecule has 0 unspecified atom stereocenters. The molecule has 0 saturated heterocycles. The third-order valence-electron chi connectivity index (χ3n) is 2.99. The molecule has 0 aliphatic carbocycles. The number of nitrogens with zero attached hydrogens (tertiary/aromatic N) is 1. The van der Waals surface area contributed by atoms with Crippen LogP contribution in [0.3, 0.4) is 0 Å². The molecule has 0 bridgehead atoms. The van der Waals surface area contributed by atoms with Crippen molar-refractivity contribution >= 4 is 17.8 Å². The van der Waals surface area contributed by atoms with Gasteiger partial charge in [-0.2, -0.15) is 0 Å². The summed E-state index contributed by atoms with van der Waals surface area (Å²) < 4.78 is 0. The number of amides is 4. The van der Waals surface area contributed by atoms with Crippen molar-refractivity contribution in [3.05, 3.63) is 35.4 Å². The van der Waals surface area contributed by atoms with Crippen molar-refractivity contribution in [2.45, 2.75) is 26.3 Å². The van der Waals surface area contributed by atoms with E-state index < -0.39 is 0 Å². The molecule has 1 aromatic carbocycles. The number of hydrogen-bond acceptors (Lipinski definition) is 3. The number of carbonyl (C=O) groups excluding carboxylic acids is 3. The van der Waals surface area contributed by atoms with E-state index in [1.807, 2.05) is 20.8 Å². The molecule has 1 aliphatic heterocycles. The summed E-state index contributed by atoms with van der Waals surface area (Å²) in [6, 6.07) is 6.40. The Hall–Kier alpha value is -2.37. The highest BCUT2D eigenvalue weighted by Crippen LogP contribution is 2.21. The Morgan fingerprint density at radius 3 is 2.10 bits per heavy atom. The average molecular weight is 289 g/mol. The first-order valence-corrected chi connectivity index (χ1v) is 6.81. The zero-order chi connectivity index (χ0) is 15.6. The number of imide groups is 1. The van der Waals surface area contributed by atoms with E-state index in [4.69, 9.17) is 0 Å². The minimum Gasteiger partial charge on any atom is -0.336 e. The van der Waals surface area contributed by atoms with Crippen LogP contribution in [0.25, 0.3) is 0 Å². The average Bonchev–Trinajstić information content (AvgIpc) is 2.62. The van der Waals surface area contributed by atoms with Gasteiger partial charge in [0.2, 0.25) is 0 Å². The van der Waals surface area contributed by atoms with Gasteiger partial charge in [-0.15, -0.1) is 0 Å². The number of urea groups is 1. The van der Waals surface area contributed by atoms with E-state index in [1.54, 1.807) is 24.3 Å². The summed E-state index contributed by atoms with van der Waals surface area (Å²) in [6.07, 6.45) is 0. The molecular weight excluding hydrogens is 270 g/mol. The molecule has 1 aliphatic rings. The fourth-order valence-electron chi connectivity index (χ4n) is 2.11. The summed E-state index contributed by atoms with van der Waals surface area (Å²) in [6.45, 7) is 5.99. The third kappa shape index (κ3) is 3.39. The van der Waals surface area contributed by atoms with Gasteiger partial charge in [-0.1, -0.05) is 12.1 Å². The molecule has 0 aromatic heterocycles. The maximum absolute atomic E-state index is 12.1. The molecule has 4 amide bonds. The normalized spacial score (nSPS) is 14.1. The largest absolute Gasteiger partial charge is 0.336 e. The smallest absolute Gasteiger partial charge is 0.315 e. The SMILES string of the molecule is CC(C)(C)NC(=O)NCCN1C(=O)c2ccccc2C1=O. The number of nitrogens with one attached hydrogen (secondary N) is 2. The summed E-state index contributed by atoms with van der Waals surface area (Å²) in [7, 11) is 0. The van der Waals surface area contributed by atoms with Gasteiger partial charge >= 0.3 is 6.03 Å². The number of benzene rings is 1. The van der Waals surface area contributed by atoms with Crippen LogP contribution in [0.15, 0.2) is 24.3 Å². The predicted molar refractivity (Wildman–Crippen MR) is 78.1 cm³/mol. The van der Waals surface area contributed by atoms with Crippen LogP contribution in [-0.2, 0) is 0 Å². The molecule has 0 saturated carbocycles. The van der Waals surface area contributed by atoms with Crippen molar-refractivity contribution in [1.82, 2.24) is 15.5 Å². The van der Waals surface area contributed by atoms with Gasteiger partial charge in [-0.05, 0) is 32.9 Å². The molecule has 1 heterocycles. The lowest BCUT2D eigenvalue weighted by Crippen LogP contribution is -2.48. The van der Waals surface area contributed by atoms with Crippen molar-refractivity contribution < 1.29 is 14.4 Å². The van der Waals surface area contributed by atoms with Crippen molar-refractivity contribution in [2.75, 3.05) is 13.1 Å². The molecule has 21 heavy (non-hydrogen) atoms. The van der Waals surface area contributed by atoms with Crippen LogP contribution < -0.4 is 10.6 Å². The van der Waals surface area contributed by atoms with Gasteiger partial charge in [0.05, 0.1) is 11.1 Å². The zero-order valence-corrected chi connectivity index (χ0v) is 12.4. The Bertz CT molecular complexity index is 555. The predicted octanol–water partition coefficient (Wildman–Crippen LogP) is 1.38. The van der Waals surface area contributed by atoms with Crippen LogP contribution in [0.4, 0.5) is 4.79 Å². The van der Waals surface area contributed by atoms with E-state index in [9.17, 15) is 14.4 Å². The highest BCUT2D eigenvalue weighted by Gasteiger charge is 2.34. The molecule has 0 atom stereocenters. The van der Waals surface area contributed by atoms with Gasteiger partial charge in [0, 0.05) is 18.6 Å². The molecule has 6 nitrogen and oxygen atoms in total. The van der Waals surface area contributed by atoms with Crippen molar-refractivity contribution in [3.63, 3.8) is 0 Å². The molecule has 0 fully saturated rings. The van der Waals surface area contributed by atoms with E-state index in [2.05, 4.69) is 10.6 Å². The summed E-state index contributed by atoms with van der Waals surface area (Å²) >= 11 is 0. The fourth-order valence-corrected chi connectivity index (χ4v) is 2.11. The quantitative estimate of drug-likeness (QED) is 0.825. The topological polar surface area (TPSA) is 78.5 Å². The summed E-state index contributed by atoms with van der Waals surface area (Å²) in [5.74, 6) is -0.623. The number of fused-ring (bicyclic) bond motifs is 1. The van der Waals surface area contributed by atoms with E-state index in [0.29, 0.717) is 11.1 Å². The van der Waals surface area contributed by atoms with E-state index in [1.165, 1.54) is 0 Å². The van der Waals surface area contributed by atoms with Crippen molar-refractivity contribution in [3.8, 4) is 0 Å². The van der Waals surface area contributed by atoms with Crippen molar-refractivity contribution in [2.24, 2.45) is 0 Å². The second-order valence-electron chi connectivity index (χ2n) is 5.94. The molecule has 0 spiro atoms. The van der Waals surface area contributed by atoms with Crippen LogP contribution >= 0.6 is 0 Å². The van der Waals surface area contributed by atoms with Crippen LogP contribution in [0.5, 0.6) is 0 Å². The second-order valence-corrected chi connectivity index (χ2v) is 5.94. The molecule has 2 rings (SSSR count). The Morgan fingerprint density at radius 2 is 1.62 bits per heavy atom. The second kappa shape index (κ2) is 5.55. The fraction of sp³-hybridized carbons (Fsp3) is 0.400. The van der Waals surface area contributed by atoms with E-state index in [0.717, 1.165) is 4.90 Å². The van der Waals surface area contributed by atoms with Crippen LogP contribution in [0, 0.1) is 0 Å². The first-order valence-electron chi connectivity index (χ1n) is 6.81. The maximum Gasteiger partial charge on any atom is 0.315 e. The van der Waals surface area contributed by atoms with Crippen molar-refractivity contribution in [1.29, 1.82) is 0 Å². The number of hydrogen-bond donors (Lipinski definition) is 2. The van der Waals surface area contributed by atoms with Crippen LogP contribution in [0.2, 0.25) is 0 Å². The lowest BCUT2D eigenvalue weighted by atomic mass is 10.1. The summed E-state index contributed by atoms with van der Waals surface area (Å²) in [5.41, 5.74) is 0.503. The third-order valence-corrected chi connectivity index (χ3v) is 2.99. The standard InChI is InChI=1S/C15H19N3O3/c1-15(2,3)17-14(21)16-8-9-18-12(19)10-6-4-5-7-11(10)13(18)20/h4-7H,8-9H2,1-3H3,(H2,16,17,21). The zero-order valence-electron chi connectivity index (χ0n) is 12.4. The Morgan fingerprint density at radius 1 is 1.10 bits per heavy atom. The first kappa shape index (κ1) is 15.0. The molecule has 6 heteroatoms. The number of rotatable bonds is 3. The van der Waals surface area contributed by atoms with Gasteiger partial charge in [-0.25, -0.2) is 4.79 Å². The van der Waals surface area contributed by atoms with Crippen LogP contribution in [0.1, 0.15) is 41.5 Å². The molecule has 2 N–H and O–H groups in total. The van der Waals surface area contributed by atoms with Gasteiger partial charge in [0.15, 0.2) is 0 Å². The summed E-state index contributed by atoms with van der Waals surface area (Å²) in [4.78, 5) is 36.9. The minimum atomic E-state index is -0.334. The highest BCUT2D eigenvalue weighted by molar-refractivity contribution is 6.21. The highest BCUT2D eigenvalue weighted by atomic mass is 16.2. The van der Waals surface area contributed by atoms with Gasteiger partial charge < -0.3 is 10.6 Å². The Kier molecular flexibility index (Phi) is 3.97. The van der Waals surface area contributed by atoms with Gasteiger partial charge in [0.25, 0.3) is 11.8 Å². The molecule has 112 valence electrons. The monoisotopic (exact) mass is 289 g/mol. The number of carbonyl (C=O) groups is 3. The maximum atomic E-state index is 12.1. The van der Waals surface area contributed by atoms with Gasteiger partial charge in [-0.3, -0.25) is 14.5 Å². The lowest BCUT2D eigenvalue weighted by molar-refractivity contribution is 0.0655. The minimum absolute atomic E-state index is 0.157. The lowest BCUT2D eigenvalue weighted by Gasteiger charge is -2.21. The Labute approximate surface area is 123 Å². The molecule has 0 radical (unpaired) electrons. The molecule has 1 aromatic rings. The van der Waals surface area contributed by atoms with Crippen LogP contribution in [-0.4, -0.2) is 41.4 Å². The van der Waals surface area contributed by atoms with E-state index >= 15 is 0 Å². The van der Waals surface area contributed by atoms with Gasteiger partial charge in [0.1, 0.15) is 0 Å². The van der Waals surface area contributed by atoms with E-state index in [-0.39, 0.29) is 36.5 Å². The first-order chi connectivity index (χ1) is 9.79. The molecular formula is C15H19N3O3. The summed E-state index contributed by atoms with van der Waals surface area (Å²) in [5, 5.41) is 5.38. The Balaban J connectivity index is 1.90.